The van der Waals surface area contributed by atoms with Gasteiger partial charge in [0, 0.05) is 40.1 Å². The van der Waals surface area contributed by atoms with E-state index in [1.54, 1.807) is 28.5 Å². The highest BCUT2D eigenvalue weighted by Crippen LogP contribution is 2.24. The monoisotopic (exact) mass is 329 g/mol. The van der Waals surface area contributed by atoms with Gasteiger partial charge in [0.15, 0.2) is 11.6 Å². The van der Waals surface area contributed by atoms with E-state index in [1.165, 1.54) is 0 Å². The first-order valence-corrected chi connectivity index (χ1v) is 7.06. The lowest BCUT2D eigenvalue weighted by Crippen LogP contribution is -2.19. The Balaban J connectivity index is 2.21. The number of halogens is 2. The molecule has 2 aromatic heterocycles. The van der Waals surface area contributed by atoms with Gasteiger partial charge in [0.2, 0.25) is 0 Å². The summed E-state index contributed by atoms with van der Waals surface area (Å²) in [6.07, 6.45) is 1.58. The highest BCUT2D eigenvalue weighted by atomic mass is 79.9. The van der Waals surface area contributed by atoms with Gasteiger partial charge >= 0.3 is 0 Å². The molecule has 2 N–H and O–H groups in total. The largest absolute Gasteiger partial charge is 0.352 e. The zero-order valence-corrected chi connectivity index (χ0v) is 12.3. The van der Waals surface area contributed by atoms with Crippen molar-refractivity contribution in [2.45, 2.75) is 13.1 Å². The van der Waals surface area contributed by atoms with Crippen molar-refractivity contribution in [3.63, 3.8) is 0 Å². The number of pyridine rings is 1. The molecule has 96 valence electrons. The van der Waals surface area contributed by atoms with E-state index >= 15 is 0 Å². The van der Waals surface area contributed by atoms with E-state index in [9.17, 15) is 4.39 Å². The van der Waals surface area contributed by atoms with Gasteiger partial charge < -0.3 is 10.6 Å². The second kappa shape index (κ2) is 5.77. The molecule has 0 aliphatic carbocycles. The number of rotatable bonds is 4. The summed E-state index contributed by atoms with van der Waals surface area (Å²) >= 11 is 5.03. The van der Waals surface area contributed by atoms with Gasteiger partial charge in [0.1, 0.15) is 0 Å². The molecule has 3 nitrogen and oxygen atoms in total. The van der Waals surface area contributed by atoms with Crippen molar-refractivity contribution in [2.75, 3.05) is 11.9 Å². The van der Waals surface area contributed by atoms with Gasteiger partial charge in [0.25, 0.3) is 0 Å². The first-order valence-electron chi connectivity index (χ1n) is 5.39. The molecule has 2 heterocycles. The van der Waals surface area contributed by atoms with Gasteiger partial charge in [-0.1, -0.05) is 0 Å². The molecule has 0 aliphatic rings. The summed E-state index contributed by atoms with van der Waals surface area (Å²) in [6, 6.07) is 3.63. The second-order valence-corrected chi connectivity index (χ2v) is 5.81. The molecule has 0 aliphatic heterocycles. The summed E-state index contributed by atoms with van der Waals surface area (Å²) in [7, 11) is 1.82. The van der Waals surface area contributed by atoms with Crippen LogP contribution in [0, 0.1) is 5.82 Å². The molecular weight excluding hydrogens is 317 g/mol. The third-order valence-electron chi connectivity index (χ3n) is 2.55. The Morgan fingerprint density at radius 2 is 2.33 bits per heavy atom. The van der Waals surface area contributed by atoms with Gasteiger partial charge in [-0.15, -0.1) is 11.3 Å². The Hall–Kier alpha value is -0.980. The SMILES string of the molecule is CN(Cc1cc(Br)cs1)c1nccc(CN)c1F. The van der Waals surface area contributed by atoms with Crippen molar-refractivity contribution >= 4 is 33.1 Å². The molecule has 2 rings (SSSR count). The van der Waals surface area contributed by atoms with Gasteiger partial charge in [0.05, 0.1) is 6.54 Å². The quantitative estimate of drug-likeness (QED) is 0.936. The summed E-state index contributed by atoms with van der Waals surface area (Å²) in [5.41, 5.74) is 5.97. The summed E-state index contributed by atoms with van der Waals surface area (Å²) in [4.78, 5) is 7.00. The number of nitrogens with two attached hydrogens (primary N) is 1. The third kappa shape index (κ3) is 2.88. The molecule has 2 aromatic rings. The van der Waals surface area contributed by atoms with Crippen LogP contribution in [-0.2, 0) is 13.1 Å². The maximum Gasteiger partial charge on any atom is 0.170 e. The smallest absolute Gasteiger partial charge is 0.170 e. The fraction of sp³-hybridized carbons (Fsp3) is 0.250. The van der Waals surface area contributed by atoms with Gasteiger partial charge in [-0.25, -0.2) is 9.37 Å². The van der Waals surface area contributed by atoms with Crippen molar-refractivity contribution < 1.29 is 4.39 Å². The number of hydrogen-bond acceptors (Lipinski definition) is 4. The van der Waals surface area contributed by atoms with Gasteiger partial charge in [-0.3, -0.25) is 0 Å². The fourth-order valence-electron chi connectivity index (χ4n) is 1.64. The molecular formula is C12H13BrFN3S. The summed E-state index contributed by atoms with van der Waals surface area (Å²) in [5.74, 6) is 0.000550. The molecule has 6 heteroatoms. The van der Waals surface area contributed by atoms with E-state index in [-0.39, 0.29) is 12.4 Å². The van der Waals surface area contributed by atoms with Gasteiger partial charge in [-0.05, 0) is 28.1 Å². The van der Waals surface area contributed by atoms with E-state index < -0.39 is 0 Å². The molecule has 0 saturated carbocycles. The van der Waals surface area contributed by atoms with Crippen LogP contribution in [0.4, 0.5) is 10.2 Å². The Morgan fingerprint density at radius 3 is 2.94 bits per heavy atom. The first-order chi connectivity index (χ1) is 8.61. The summed E-state index contributed by atoms with van der Waals surface area (Å²) < 4.78 is 15.1. The standard InChI is InChI=1S/C12H13BrFN3S/c1-17(6-10-4-9(13)7-18-10)12-11(14)8(5-15)2-3-16-12/h2-4,7H,5-6,15H2,1H3. The minimum atomic E-state index is -0.335. The molecule has 0 unspecified atom stereocenters. The van der Waals surface area contributed by atoms with E-state index in [4.69, 9.17) is 5.73 Å². The van der Waals surface area contributed by atoms with Crippen LogP contribution < -0.4 is 10.6 Å². The van der Waals surface area contributed by atoms with Gasteiger partial charge in [-0.2, -0.15) is 0 Å². The zero-order valence-electron chi connectivity index (χ0n) is 9.86. The maximum atomic E-state index is 14.0. The van der Waals surface area contributed by atoms with E-state index in [0.717, 1.165) is 9.35 Å². The lowest BCUT2D eigenvalue weighted by atomic mass is 10.2. The average molecular weight is 330 g/mol. The predicted molar refractivity (Wildman–Crippen MR) is 76.2 cm³/mol. The molecule has 0 fully saturated rings. The van der Waals surface area contributed by atoms with Crippen LogP contribution in [0.2, 0.25) is 0 Å². The fourth-order valence-corrected chi connectivity index (χ4v) is 3.14. The topological polar surface area (TPSA) is 42.2 Å². The van der Waals surface area contributed by atoms with Crippen molar-refractivity contribution in [3.05, 3.63) is 44.4 Å². The van der Waals surface area contributed by atoms with E-state index in [0.29, 0.717) is 17.9 Å². The van der Waals surface area contributed by atoms with Crippen molar-refractivity contribution in [1.82, 2.24) is 4.98 Å². The van der Waals surface area contributed by atoms with Crippen molar-refractivity contribution in [1.29, 1.82) is 0 Å². The Bertz CT molecular complexity index is 544. The maximum absolute atomic E-state index is 14.0. The third-order valence-corrected chi connectivity index (χ3v) is 4.23. The van der Waals surface area contributed by atoms with Crippen LogP contribution in [-0.4, -0.2) is 12.0 Å². The minimum absolute atomic E-state index is 0.180. The van der Waals surface area contributed by atoms with Crippen LogP contribution >= 0.6 is 27.3 Å². The van der Waals surface area contributed by atoms with Crippen LogP contribution in [0.1, 0.15) is 10.4 Å². The first kappa shape index (κ1) is 13.5. The van der Waals surface area contributed by atoms with E-state index in [1.807, 2.05) is 18.5 Å². The lowest BCUT2D eigenvalue weighted by Gasteiger charge is -2.18. The van der Waals surface area contributed by atoms with E-state index in [2.05, 4.69) is 20.9 Å². The molecule has 0 spiro atoms. The lowest BCUT2D eigenvalue weighted by molar-refractivity contribution is 0.598. The van der Waals surface area contributed by atoms with Crippen LogP contribution in [0.3, 0.4) is 0 Å². The Labute approximate surface area is 118 Å². The summed E-state index contributed by atoms with van der Waals surface area (Å²) in [5, 5.41) is 2.00. The molecule has 0 aromatic carbocycles. The predicted octanol–water partition coefficient (Wildman–Crippen LogP) is 3.14. The van der Waals surface area contributed by atoms with Crippen molar-refractivity contribution in [2.24, 2.45) is 5.73 Å². The summed E-state index contributed by atoms with van der Waals surface area (Å²) in [6.45, 7) is 0.800. The number of nitrogens with zero attached hydrogens (tertiary/aromatic N) is 2. The highest BCUT2D eigenvalue weighted by molar-refractivity contribution is 9.10. The number of anilines is 1. The van der Waals surface area contributed by atoms with Crippen LogP contribution in [0.5, 0.6) is 0 Å². The molecule has 0 radical (unpaired) electrons. The van der Waals surface area contributed by atoms with Crippen LogP contribution in [0.15, 0.2) is 28.2 Å². The molecule has 0 atom stereocenters. The number of hydrogen-bond donors (Lipinski definition) is 1. The van der Waals surface area contributed by atoms with Crippen molar-refractivity contribution in [3.8, 4) is 0 Å². The zero-order chi connectivity index (χ0) is 13.1. The van der Waals surface area contributed by atoms with Crippen LogP contribution in [0.25, 0.3) is 0 Å². The molecule has 0 amide bonds. The second-order valence-electron chi connectivity index (χ2n) is 3.90. The highest BCUT2D eigenvalue weighted by Gasteiger charge is 2.13. The molecule has 0 saturated heterocycles. The normalized spacial score (nSPS) is 10.7. The number of thiophene rings is 1. The Kier molecular flexibility index (Phi) is 4.31. The Morgan fingerprint density at radius 1 is 1.56 bits per heavy atom. The number of aromatic nitrogens is 1. The molecule has 18 heavy (non-hydrogen) atoms. The minimum Gasteiger partial charge on any atom is -0.352 e. The molecule has 0 bridgehead atoms. The average Bonchev–Trinajstić information content (AvgIpc) is 2.75.